The lowest BCUT2D eigenvalue weighted by Gasteiger charge is -2.11. The molecule has 188 valence electrons. The van der Waals surface area contributed by atoms with E-state index in [0.717, 1.165) is 29.5 Å². The lowest BCUT2D eigenvalue weighted by Crippen LogP contribution is -2.26. The zero-order chi connectivity index (χ0) is 26.2. The van der Waals surface area contributed by atoms with Crippen molar-refractivity contribution < 1.29 is 19.5 Å². The van der Waals surface area contributed by atoms with Gasteiger partial charge in [-0.1, -0.05) is 78.3 Å². The van der Waals surface area contributed by atoms with E-state index in [9.17, 15) is 14.4 Å². The predicted molar refractivity (Wildman–Crippen MR) is 146 cm³/mol. The van der Waals surface area contributed by atoms with Crippen LogP contribution in [0.25, 0.3) is 17.7 Å². The second-order valence-electron chi connectivity index (χ2n) is 8.78. The van der Waals surface area contributed by atoms with Gasteiger partial charge in [-0.15, -0.1) is 0 Å². The lowest BCUT2D eigenvalue weighted by atomic mass is 10.0. The third-order valence-electron chi connectivity index (χ3n) is 5.88. The van der Waals surface area contributed by atoms with Gasteiger partial charge in [0.15, 0.2) is 5.78 Å². The molecule has 3 N–H and O–H groups in total. The van der Waals surface area contributed by atoms with Crippen LogP contribution in [0.5, 0.6) is 0 Å². The molecule has 1 aliphatic rings. The number of carbonyl (C=O) groups is 3. The Morgan fingerprint density at radius 2 is 1.59 bits per heavy atom. The molecule has 4 rings (SSSR count). The summed E-state index contributed by atoms with van der Waals surface area (Å²) in [5, 5.41) is 15.3. The molecule has 0 aromatic heterocycles. The van der Waals surface area contributed by atoms with Crippen molar-refractivity contribution in [2.75, 3.05) is 6.61 Å². The van der Waals surface area contributed by atoms with E-state index < -0.39 is 6.61 Å². The lowest BCUT2D eigenvalue weighted by molar-refractivity contribution is -0.117. The van der Waals surface area contributed by atoms with Crippen molar-refractivity contribution in [1.82, 2.24) is 10.6 Å². The molecule has 1 saturated carbocycles. The van der Waals surface area contributed by atoms with Crippen LogP contribution >= 0.6 is 11.6 Å². The molecular formula is C30H27ClN2O4. The summed E-state index contributed by atoms with van der Waals surface area (Å²) in [5.41, 5.74) is 4.13. The van der Waals surface area contributed by atoms with Crippen LogP contribution in [0.3, 0.4) is 0 Å². The maximum absolute atomic E-state index is 12.9. The molecule has 0 spiro atoms. The van der Waals surface area contributed by atoms with Crippen molar-refractivity contribution >= 4 is 46.9 Å². The van der Waals surface area contributed by atoms with E-state index >= 15 is 0 Å². The van der Waals surface area contributed by atoms with Crippen LogP contribution < -0.4 is 10.6 Å². The Hall–Kier alpha value is -4.00. The van der Waals surface area contributed by atoms with Gasteiger partial charge in [-0.05, 0) is 47.8 Å². The van der Waals surface area contributed by atoms with Crippen molar-refractivity contribution in [2.24, 2.45) is 0 Å². The summed E-state index contributed by atoms with van der Waals surface area (Å²) in [6, 6.07) is 21.7. The Balaban J connectivity index is 1.39. The molecule has 3 aromatic rings. The Kier molecular flexibility index (Phi) is 8.67. The summed E-state index contributed by atoms with van der Waals surface area (Å²) in [6.07, 6.45) is 6.97. The molecule has 0 radical (unpaired) electrons. The van der Waals surface area contributed by atoms with E-state index in [1.54, 1.807) is 36.4 Å². The number of benzene rings is 3. The fourth-order valence-corrected chi connectivity index (χ4v) is 3.86. The molecule has 0 unspecified atom stereocenters. The molecule has 1 fully saturated rings. The number of aliphatic hydroxyl groups excluding tert-OH is 1. The van der Waals surface area contributed by atoms with Crippen LogP contribution in [0, 0.1) is 0 Å². The normalized spacial score (nSPS) is 13.4. The van der Waals surface area contributed by atoms with Crippen LogP contribution in [0.2, 0.25) is 5.02 Å². The Morgan fingerprint density at radius 1 is 0.919 bits per heavy atom. The molecule has 1 aliphatic carbocycles. The highest BCUT2D eigenvalue weighted by atomic mass is 35.5. The fraction of sp³-hybridized carbons (Fsp3) is 0.167. The molecule has 7 heteroatoms. The summed E-state index contributed by atoms with van der Waals surface area (Å²) in [4.78, 5) is 36.6. The van der Waals surface area contributed by atoms with Gasteiger partial charge in [0.1, 0.15) is 6.61 Å². The number of aliphatic hydroxyl groups is 1. The average molecular weight is 515 g/mol. The van der Waals surface area contributed by atoms with Gasteiger partial charge < -0.3 is 15.7 Å². The van der Waals surface area contributed by atoms with Gasteiger partial charge >= 0.3 is 0 Å². The fourth-order valence-electron chi connectivity index (χ4n) is 3.63. The Labute approximate surface area is 220 Å². The quantitative estimate of drug-likeness (QED) is 0.208. The highest BCUT2D eigenvalue weighted by molar-refractivity contribution is 6.36. The standard InChI is InChI=1S/C30H27ClN2O4/c31-27-4-2-1-3-25(27)26(30(37)33-24-14-15-24)17-21-7-5-20(6-8-21)11-16-29(36)32-18-22-9-12-23(13-10-22)28(35)19-34/h1-13,16-17,24,34H,14-15,18-19H2,(H,32,36)(H,33,37)/b16-11+,26-17+. The maximum Gasteiger partial charge on any atom is 0.252 e. The van der Waals surface area contributed by atoms with Crippen molar-refractivity contribution in [1.29, 1.82) is 0 Å². The molecule has 37 heavy (non-hydrogen) atoms. The molecule has 2 amide bonds. The second-order valence-corrected chi connectivity index (χ2v) is 9.19. The minimum atomic E-state index is -0.531. The molecule has 0 saturated heterocycles. The third-order valence-corrected chi connectivity index (χ3v) is 6.21. The number of hydrogen-bond donors (Lipinski definition) is 3. The molecule has 3 aromatic carbocycles. The Bertz CT molecular complexity index is 1340. The molecular weight excluding hydrogens is 488 g/mol. The first kappa shape index (κ1) is 26.1. The van der Waals surface area contributed by atoms with Crippen LogP contribution in [-0.4, -0.2) is 35.4 Å². The number of ketones is 1. The van der Waals surface area contributed by atoms with E-state index in [4.69, 9.17) is 16.7 Å². The van der Waals surface area contributed by atoms with Gasteiger partial charge in [-0.3, -0.25) is 14.4 Å². The molecule has 0 aliphatic heterocycles. The third kappa shape index (κ3) is 7.49. The van der Waals surface area contributed by atoms with E-state index in [1.165, 1.54) is 6.08 Å². The zero-order valence-electron chi connectivity index (χ0n) is 20.1. The van der Waals surface area contributed by atoms with E-state index in [2.05, 4.69) is 10.6 Å². The maximum atomic E-state index is 12.9. The van der Waals surface area contributed by atoms with Crippen LogP contribution in [0.4, 0.5) is 0 Å². The van der Waals surface area contributed by atoms with E-state index in [-0.39, 0.29) is 23.6 Å². The number of halogens is 1. The number of Topliss-reactive ketones (excluding diaryl/α,β-unsaturated/α-hetero) is 1. The van der Waals surface area contributed by atoms with Crippen molar-refractivity contribution in [2.45, 2.75) is 25.4 Å². The van der Waals surface area contributed by atoms with Crippen molar-refractivity contribution in [3.05, 3.63) is 112 Å². The summed E-state index contributed by atoms with van der Waals surface area (Å²) in [7, 11) is 0. The van der Waals surface area contributed by atoms with E-state index in [1.807, 2.05) is 48.5 Å². The van der Waals surface area contributed by atoms with E-state index in [0.29, 0.717) is 28.3 Å². The Morgan fingerprint density at radius 3 is 2.24 bits per heavy atom. The first-order chi connectivity index (χ1) is 17.9. The number of rotatable bonds is 10. The molecule has 0 bridgehead atoms. The summed E-state index contributed by atoms with van der Waals surface area (Å²) in [6.45, 7) is -0.218. The number of hydrogen-bond acceptors (Lipinski definition) is 4. The molecule has 0 heterocycles. The monoisotopic (exact) mass is 514 g/mol. The predicted octanol–water partition coefficient (Wildman–Crippen LogP) is 4.66. The van der Waals surface area contributed by atoms with Gasteiger partial charge in [0, 0.05) is 40.4 Å². The molecule has 6 nitrogen and oxygen atoms in total. The second kappa shape index (κ2) is 12.3. The van der Waals surface area contributed by atoms with Gasteiger partial charge in [0.2, 0.25) is 5.91 Å². The first-order valence-corrected chi connectivity index (χ1v) is 12.4. The van der Waals surface area contributed by atoms with Crippen LogP contribution in [0.1, 0.15) is 45.5 Å². The van der Waals surface area contributed by atoms with Crippen molar-refractivity contribution in [3.63, 3.8) is 0 Å². The van der Waals surface area contributed by atoms with Gasteiger partial charge in [-0.25, -0.2) is 0 Å². The summed E-state index contributed by atoms with van der Waals surface area (Å²) in [5.74, 6) is -0.746. The first-order valence-electron chi connectivity index (χ1n) is 12.0. The average Bonchev–Trinajstić information content (AvgIpc) is 3.74. The summed E-state index contributed by atoms with van der Waals surface area (Å²) < 4.78 is 0. The topological polar surface area (TPSA) is 95.5 Å². The molecule has 0 atom stereocenters. The highest BCUT2D eigenvalue weighted by Gasteiger charge is 2.25. The number of nitrogens with one attached hydrogen (secondary N) is 2. The minimum absolute atomic E-state index is 0.147. The highest BCUT2D eigenvalue weighted by Crippen LogP contribution is 2.28. The summed E-state index contributed by atoms with van der Waals surface area (Å²) >= 11 is 6.38. The SMILES string of the molecule is O=C(/C=C/c1ccc(/C=C(/C(=O)NC2CC2)c2ccccc2Cl)cc1)NCc1ccc(C(=O)CO)cc1. The smallest absolute Gasteiger partial charge is 0.252 e. The van der Waals surface area contributed by atoms with Crippen LogP contribution in [0.15, 0.2) is 78.9 Å². The zero-order valence-corrected chi connectivity index (χ0v) is 20.9. The van der Waals surface area contributed by atoms with Crippen molar-refractivity contribution in [3.8, 4) is 0 Å². The number of amides is 2. The minimum Gasteiger partial charge on any atom is -0.388 e. The largest absolute Gasteiger partial charge is 0.388 e. The van der Waals surface area contributed by atoms with Gasteiger partial charge in [0.25, 0.3) is 5.91 Å². The van der Waals surface area contributed by atoms with Gasteiger partial charge in [0.05, 0.1) is 0 Å². The number of carbonyl (C=O) groups excluding carboxylic acids is 3. The van der Waals surface area contributed by atoms with Gasteiger partial charge in [-0.2, -0.15) is 0 Å². The van der Waals surface area contributed by atoms with Crippen LogP contribution in [-0.2, 0) is 16.1 Å².